The van der Waals surface area contributed by atoms with Gasteiger partial charge in [-0.15, -0.1) is 6.42 Å². The molecule has 0 amide bonds. The van der Waals surface area contributed by atoms with Gasteiger partial charge in [0.2, 0.25) is 0 Å². The molecule has 0 aromatic heterocycles. The van der Waals surface area contributed by atoms with Crippen LogP contribution in [-0.4, -0.2) is 0 Å². The third kappa shape index (κ3) is 1.45. The monoisotopic (exact) mass is 190 g/mol. The summed E-state index contributed by atoms with van der Waals surface area (Å²) in [4.78, 5) is 0. The molecule has 1 aromatic carbocycles. The minimum Gasteiger partial charge on any atom is -0.115 e. The summed E-state index contributed by atoms with van der Waals surface area (Å²) >= 11 is 6.10. The van der Waals surface area contributed by atoms with Crippen molar-refractivity contribution in [1.29, 1.82) is 0 Å². The Morgan fingerprint density at radius 3 is 2.54 bits per heavy atom. The van der Waals surface area contributed by atoms with E-state index in [2.05, 4.69) is 5.92 Å². The summed E-state index contributed by atoms with van der Waals surface area (Å²) in [6, 6.07) is 3.87. The predicted octanol–water partition coefficient (Wildman–Crippen LogP) is 3.20. The lowest BCUT2D eigenvalue weighted by atomic mass is 9.88. The highest BCUT2D eigenvalue weighted by atomic mass is 35.5. The second kappa shape index (κ2) is 3.44. The normalized spacial score (nSPS) is 14.8. The minimum atomic E-state index is 0.883. The number of halogens is 1. The van der Waals surface area contributed by atoms with Crippen LogP contribution in [0.25, 0.3) is 0 Å². The number of benzene rings is 1. The minimum absolute atomic E-state index is 0.883. The van der Waals surface area contributed by atoms with E-state index >= 15 is 0 Å². The summed E-state index contributed by atoms with van der Waals surface area (Å²) in [7, 11) is 0. The molecule has 0 heterocycles. The Hall–Kier alpha value is -0.930. The van der Waals surface area contributed by atoms with Gasteiger partial charge in [0.15, 0.2) is 0 Å². The molecular weight excluding hydrogens is 180 g/mol. The molecule has 0 atom stereocenters. The summed E-state index contributed by atoms with van der Waals surface area (Å²) in [5.41, 5.74) is 3.61. The van der Waals surface area contributed by atoms with E-state index in [0.29, 0.717) is 0 Å². The molecule has 1 heteroatoms. The Morgan fingerprint density at radius 1 is 1.15 bits per heavy atom. The van der Waals surface area contributed by atoms with Gasteiger partial charge in [0.05, 0.1) is 0 Å². The molecule has 13 heavy (non-hydrogen) atoms. The largest absolute Gasteiger partial charge is 0.115 e. The molecule has 1 aliphatic rings. The van der Waals surface area contributed by atoms with E-state index in [1.807, 2.05) is 12.1 Å². The van der Waals surface area contributed by atoms with Crippen molar-refractivity contribution in [2.75, 3.05) is 0 Å². The lowest BCUT2D eigenvalue weighted by molar-refractivity contribution is 0.684. The maximum Gasteiger partial charge on any atom is 0.0441 e. The molecular formula is C12H11Cl. The first-order chi connectivity index (χ1) is 6.33. The number of rotatable bonds is 0. The van der Waals surface area contributed by atoms with Crippen LogP contribution in [0.15, 0.2) is 12.1 Å². The highest BCUT2D eigenvalue weighted by Gasteiger charge is 2.14. The Labute approximate surface area is 83.9 Å². The summed E-state index contributed by atoms with van der Waals surface area (Å²) in [6.07, 6.45) is 10.1. The Bertz CT molecular complexity index is 371. The van der Waals surface area contributed by atoms with Crippen molar-refractivity contribution < 1.29 is 0 Å². The van der Waals surface area contributed by atoms with Crippen molar-refractivity contribution in [2.45, 2.75) is 25.7 Å². The van der Waals surface area contributed by atoms with Crippen LogP contribution in [-0.2, 0) is 12.8 Å². The van der Waals surface area contributed by atoms with Gasteiger partial charge in [0, 0.05) is 10.6 Å². The van der Waals surface area contributed by atoms with Gasteiger partial charge in [-0.25, -0.2) is 0 Å². The van der Waals surface area contributed by atoms with E-state index in [-0.39, 0.29) is 0 Å². The van der Waals surface area contributed by atoms with Crippen molar-refractivity contribution in [3.05, 3.63) is 33.8 Å². The molecule has 0 aliphatic heterocycles. The molecule has 0 fully saturated rings. The summed E-state index contributed by atoms with van der Waals surface area (Å²) in [5.74, 6) is 2.72. The molecule has 0 radical (unpaired) electrons. The fourth-order valence-electron chi connectivity index (χ4n) is 1.96. The number of terminal acetylenes is 1. The zero-order chi connectivity index (χ0) is 9.26. The van der Waals surface area contributed by atoms with Gasteiger partial charge >= 0.3 is 0 Å². The average molecular weight is 191 g/mol. The molecule has 1 aliphatic carbocycles. The second-order valence-corrected chi connectivity index (χ2v) is 3.81. The topological polar surface area (TPSA) is 0 Å². The Balaban J connectivity index is 2.61. The summed E-state index contributed by atoms with van der Waals surface area (Å²) < 4.78 is 0. The molecule has 0 nitrogen and oxygen atoms in total. The van der Waals surface area contributed by atoms with Crippen LogP contribution >= 0.6 is 11.6 Å². The van der Waals surface area contributed by atoms with Gasteiger partial charge in [0.1, 0.15) is 0 Å². The zero-order valence-electron chi connectivity index (χ0n) is 7.44. The summed E-state index contributed by atoms with van der Waals surface area (Å²) in [6.45, 7) is 0. The van der Waals surface area contributed by atoms with Gasteiger partial charge in [0.25, 0.3) is 0 Å². The number of hydrogen-bond acceptors (Lipinski definition) is 0. The molecule has 0 spiro atoms. The van der Waals surface area contributed by atoms with E-state index in [9.17, 15) is 0 Å². The van der Waals surface area contributed by atoms with Crippen molar-refractivity contribution in [3.8, 4) is 12.3 Å². The SMILES string of the molecule is C#Cc1ccc(Cl)c2c1CCCC2. The van der Waals surface area contributed by atoms with E-state index < -0.39 is 0 Å². The van der Waals surface area contributed by atoms with E-state index in [4.69, 9.17) is 18.0 Å². The molecule has 0 saturated carbocycles. The standard InChI is InChI=1S/C12H11Cl/c1-2-9-7-8-12(13)11-6-4-3-5-10(9)11/h1,7-8H,3-6H2. The summed E-state index contributed by atoms with van der Waals surface area (Å²) in [5, 5.41) is 0.883. The maximum absolute atomic E-state index is 6.10. The van der Waals surface area contributed by atoms with Crippen LogP contribution in [0, 0.1) is 12.3 Å². The zero-order valence-corrected chi connectivity index (χ0v) is 8.19. The van der Waals surface area contributed by atoms with Crippen LogP contribution < -0.4 is 0 Å². The highest BCUT2D eigenvalue weighted by molar-refractivity contribution is 6.31. The van der Waals surface area contributed by atoms with Crippen molar-refractivity contribution >= 4 is 11.6 Å². The fourth-order valence-corrected chi connectivity index (χ4v) is 2.23. The maximum atomic E-state index is 6.10. The van der Waals surface area contributed by atoms with Crippen molar-refractivity contribution in [1.82, 2.24) is 0 Å². The first kappa shape index (κ1) is 8.66. The van der Waals surface area contributed by atoms with Crippen LogP contribution in [0.5, 0.6) is 0 Å². The number of hydrogen-bond donors (Lipinski definition) is 0. The van der Waals surface area contributed by atoms with Gasteiger partial charge in [-0.2, -0.15) is 0 Å². The van der Waals surface area contributed by atoms with Gasteiger partial charge in [-0.1, -0.05) is 17.5 Å². The number of fused-ring (bicyclic) bond motifs is 1. The first-order valence-electron chi connectivity index (χ1n) is 4.60. The molecule has 1 aromatic rings. The van der Waals surface area contributed by atoms with E-state index in [1.165, 1.54) is 24.0 Å². The molecule has 0 N–H and O–H groups in total. The fraction of sp³-hybridized carbons (Fsp3) is 0.333. The first-order valence-corrected chi connectivity index (χ1v) is 4.97. The van der Waals surface area contributed by atoms with Gasteiger partial charge in [-0.3, -0.25) is 0 Å². The lowest BCUT2D eigenvalue weighted by Gasteiger charge is -2.18. The third-order valence-electron chi connectivity index (χ3n) is 2.63. The van der Waals surface area contributed by atoms with Gasteiger partial charge < -0.3 is 0 Å². The Kier molecular flexibility index (Phi) is 2.29. The molecule has 0 saturated heterocycles. The van der Waals surface area contributed by atoms with Crippen LogP contribution in [0.2, 0.25) is 5.02 Å². The molecule has 0 bridgehead atoms. The quantitative estimate of drug-likeness (QED) is 0.552. The van der Waals surface area contributed by atoms with Crippen LogP contribution in [0.1, 0.15) is 29.5 Å². The van der Waals surface area contributed by atoms with Crippen molar-refractivity contribution in [2.24, 2.45) is 0 Å². The van der Waals surface area contributed by atoms with Crippen LogP contribution in [0.4, 0.5) is 0 Å². The predicted molar refractivity (Wildman–Crippen MR) is 56.0 cm³/mol. The lowest BCUT2D eigenvalue weighted by Crippen LogP contribution is -2.05. The third-order valence-corrected chi connectivity index (χ3v) is 2.99. The molecule has 2 rings (SSSR count). The molecule has 66 valence electrons. The smallest absolute Gasteiger partial charge is 0.0441 e. The molecule has 0 unspecified atom stereocenters. The highest BCUT2D eigenvalue weighted by Crippen LogP contribution is 2.29. The van der Waals surface area contributed by atoms with Crippen LogP contribution in [0.3, 0.4) is 0 Å². The van der Waals surface area contributed by atoms with Gasteiger partial charge in [-0.05, 0) is 48.9 Å². The van der Waals surface area contributed by atoms with E-state index in [0.717, 1.165) is 23.4 Å². The van der Waals surface area contributed by atoms with E-state index in [1.54, 1.807) is 0 Å². The van der Waals surface area contributed by atoms with Crippen molar-refractivity contribution in [3.63, 3.8) is 0 Å². The Morgan fingerprint density at radius 2 is 1.85 bits per heavy atom. The average Bonchev–Trinajstić information content (AvgIpc) is 2.19. The second-order valence-electron chi connectivity index (χ2n) is 3.40.